The third-order valence-electron chi connectivity index (χ3n) is 2.47. The summed E-state index contributed by atoms with van der Waals surface area (Å²) in [6.07, 6.45) is -0.130. The van der Waals surface area contributed by atoms with E-state index in [-0.39, 0.29) is 18.6 Å². The van der Waals surface area contributed by atoms with E-state index in [4.69, 9.17) is 14.6 Å². The first kappa shape index (κ1) is 14.8. The van der Waals surface area contributed by atoms with Crippen molar-refractivity contribution in [3.05, 3.63) is 0 Å². The van der Waals surface area contributed by atoms with Gasteiger partial charge in [-0.05, 0) is 27.2 Å². The molecule has 6 nitrogen and oxygen atoms in total. The van der Waals surface area contributed by atoms with Crippen LogP contribution in [0.5, 0.6) is 0 Å². The molecule has 1 fully saturated rings. The molecule has 0 aromatic rings. The molecule has 0 aliphatic carbocycles. The molecule has 1 rings (SSSR count). The Morgan fingerprint density at radius 1 is 1.44 bits per heavy atom. The van der Waals surface area contributed by atoms with Crippen LogP contribution < -0.4 is 0 Å². The highest BCUT2D eigenvalue weighted by Crippen LogP contribution is 2.15. The number of carbonyl (C=O) groups is 2. The van der Waals surface area contributed by atoms with E-state index in [1.165, 1.54) is 0 Å². The molecule has 0 aromatic carbocycles. The van der Waals surface area contributed by atoms with E-state index in [1.54, 1.807) is 4.90 Å². The fourth-order valence-electron chi connectivity index (χ4n) is 1.67. The number of nitrogens with zero attached hydrogens (tertiary/aromatic N) is 1. The van der Waals surface area contributed by atoms with Gasteiger partial charge in [0.15, 0.2) is 0 Å². The minimum absolute atomic E-state index is 0.0484. The summed E-state index contributed by atoms with van der Waals surface area (Å²) in [5.74, 6) is -0.854. The van der Waals surface area contributed by atoms with E-state index >= 15 is 0 Å². The molecule has 104 valence electrons. The highest BCUT2D eigenvalue weighted by molar-refractivity contribution is 5.68. The molecule has 1 aliphatic rings. The lowest BCUT2D eigenvalue weighted by Gasteiger charge is -2.34. The van der Waals surface area contributed by atoms with Crippen molar-refractivity contribution in [2.45, 2.75) is 45.3 Å². The van der Waals surface area contributed by atoms with Crippen LogP contribution in [-0.4, -0.2) is 53.5 Å². The van der Waals surface area contributed by atoms with Crippen LogP contribution in [0.25, 0.3) is 0 Å². The van der Waals surface area contributed by atoms with Crippen LogP contribution >= 0.6 is 0 Å². The molecule has 1 amide bonds. The summed E-state index contributed by atoms with van der Waals surface area (Å²) >= 11 is 0. The number of morpholine rings is 1. The maximum absolute atomic E-state index is 11.8. The third-order valence-corrected chi connectivity index (χ3v) is 2.47. The van der Waals surface area contributed by atoms with Crippen molar-refractivity contribution in [3.63, 3.8) is 0 Å². The summed E-state index contributed by atoms with van der Waals surface area (Å²) in [4.78, 5) is 23.9. The van der Waals surface area contributed by atoms with Crippen LogP contribution in [0.2, 0.25) is 0 Å². The Labute approximate surface area is 107 Å². The number of ether oxygens (including phenoxy) is 2. The Morgan fingerprint density at radius 2 is 2.11 bits per heavy atom. The van der Waals surface area contributed by atoms with Gasteiger partial charge in [0.2, 0.25) is 0 Å². The second-order valence-corrected chi connectivity index (χ2v) is 5.35. The monoisotopic (exact) mass is 259 g/mol. The second kappa shape index (κ2) is 6.04. The molecule has 0 radical (unpaired) electrons. The number of carboxylic acid groups (broad SMARTS) is 1. The van der Waals surface area contributed by atoms with Gasteiger partial charge in [0.1, 0.15) is 5.60 Å². The van der Waals surface area contributed by atoms with E-state index < -0.39 is 11.6 Å². The van der Waals surface area contributed by atoms with Crippen LogP contribution in [0.3, 0.4) is 0 Å². The van der Waals surface area contributed by atoms with Crippen molar-refractivity contribution < 1.29 is 24.2 Å². The van der Waals surface area contributed by atoms with E-state index in [9.17, 15) is 9.59 Å². The minimum Gasteiger partial charge on any atom is -0.481 e. The lowest BCUT2D eigenvalue weighted by molar-refractivity contribution is -0.138. The Kier molecular flexibility index (Phi) is 4.95. The molecular formula is C12H21NO5. The van der Waals surface area contributed by atoms with Crippen molar-refractivity contribution in [1.29, 1.82) is 0 Å². The van der Waals surface area contributed by atoms with Crippen LogP contribution in [0, 0.1) is 0 Å². The lowest BCUT2D eigenvalue weighted by Crippen LogP contribution is -2.47. The summed E-state index contributed by atoms with van der Waals surface area (Å²) < 4.78 is 10.7. The number of carboxylic acids is 1. The number of hydrogen-bond donors (Lipinski definition) is 1. The van der Waals surface area contributed by atoms with Crippen LogP contribution in [0.4, 0.5) is 4.79 Å². The van der Waals surface area contributed by atoms with Crippen molar-refractivity contribution >= 4 is 12.1 Å². The topological polar surface area (TPSA) is 76.1 Å². The normalized spacial score (nSPS) is 20.6. The number of aliphatic carboxylic acids is 1. The molecule has 18 heavy (non-hydrogen) atoms. The standard InChI is InChI=1S/C12H21NO5/c1-12(2,3)18-11(16)13-6-7-17-9(8-13)4-5-10(14)15/h9H,4-8H2,1-3H3,(H,14,15). The van der Waals surface area contributed by atoms with Gasteiger partial charge in [-0.1, -0.05) is 0 Å². The Hall–Kier alpha value is -1.30. The second-order valence-electron chi connectivity index (χ2n) is 5.35. The molecule has 6 heteroatoms. The van der Waals surface area contributed by atoms with Gasteiger partial charge in [0.25, 0.3) is 0 Å². The molecule has 1 aliphatic heterocycles. The smallest absolute Gasteiger partial charge is 0.410 e. The average Bonchev–Trinajstić information content (AvgIpc) is 2.24. The molecule has 1 atom stereocenters. The quantitative estimate of drug-likeness (QED) is 0.831. The molecule has 0 bridgehead atoms. The van der Waals surface area contributed by atoms with Gasteiger partial charge in [-0.2, -0.15) is 0 Å². The minimum atomic E-state index is -0.854. The van der Waals surface area contributed by atoms with Crippen LogP contribution in [0.1, 0.15) is 33.6 Å². The molecule has 0 aromatic heterocycles. The van der Waals surface area contributed by atoms with E-state index in [0.717, 1.165) is 0 Å². The summed E-state index contributed by atoms with van der Waals surface area (Å²) in [5, 5.41) is 8.61. The maximum Gasteiger partial charge on any atom is 0.410 e. The maximum atomic E-state index is 11.8. The molecule has 1 saturated heterocycles. The first-order chi connectivity index (χ1) is 8.28. The van der Waals surface area contributed by atoms with Crippen molar-refractivity contribution in [1.82, 2.24) is 4.90 Å². The summed E-state index contributed by atoms with van der Waals surface area (Å²) in [6, 6.07) is 0. The Bertz CT molecular complexity index is 310. The van der Waals surface area contributed by atoms with E-state index in [0.29, 0.717) is 26.1 Å². The molecule has 1 N–H and O–H groups in total. The van der Waals surface area contributed by atoms with Gasteiger partial charge in [0.05, 0.1) is 19.3 Å². The summed E-state index contributed by atoms with van der Waals surface area (Å²) in [7, 11) is 0. The number of rotatable bonds is 3. The van der Waals surface area contributed by atoms with Gasteiger partial charge >= 0.3 is 12.1 Å². The van der Waals surface area contributed by atoms with Crippen LogP contribution in [0.15, 0.2) is 0 Å². The first-order valence-corrected chi connectivity index (χ1v) is 6.09. The zero-order valence-electron chi connectivity index (χ0n) is 11.1. The highest BCUT2D eigenvalue weighted by Gasteiger charge is 2.28. The van der Waals surface area contributed by atoms with Crippen molar-refractivity contribution in [3.8, 4) is 0 Å². The van der Waals surface area contributed by atoms with Gasteiger partial charge in [-0.3, -0.25) is 4.79 Å². The Balaban J connectivity index is 2.43. The molecule has 1 unspecified atom stereocenters. The highest BCUT2D eigenvalue weighted by atomic mass is 16.6. The number of amides is 1. The first-order valence-electron chi connectivity index (χ1n) is 6.09. The van der Waals surface area contributed by atoms with Crippen molar-refractivity contribution in [2.24, 2.45) is 0 Å². The largest absolute Gasteiger partial charge is 0.481 e. The van der Waals surface area contributed by atoms with Gasteiger partial charge < -0.3 is 19.5 Å². The molecular weight excluding hydrogens is 238 g/mol. The number of hydrogen-bond acceptors (Lipinski definition) is 4. The molecule has 0 saturated carbocycles. The predicted octanol–water partition coefficient (Wildman–Crippen LogP) is 1.49. The summed E-state index contributed by atoms with van der Waals surface area (Å²) in [5.41, 5.74) is -0.522. The van der Waals surface area contributed by atoms with Crippen LogP contribution in [-0.2, 0) is 14.3 Å². The Morgan fingerprint density at radius 3 is 2.67 bits per heavy atom. The fraction of sp³-hybridized carbons (Fsp3) is 0.833. The summed E-state index contributed by atoms with van der Waals surface area (Å²) in [6.45, 7) is 6.73. The van der Waals surface area contributed by atoms with Crippen molar-refractivity contribution in [2.75, 3.05) is 19.7 Å². The van der Waals surface area contributed by atoms with Gasteiger partial charge in [-0.25, -0.2) is 4.79 Å². The number of carbonyl (C=O) groups excluding carboxylic acids is 1. The zero-order valence-corrected chi connectivity index (χ0v) is 11.1. The van der Waals surface area contributed by atoms with E-state index in [2.05, 4.69) is 0 Å². The van der Waals surface area contributed by atoms with E-state index in [1.807, 2.05) is 20.8 Å². The predicted molar refractivity (Wildman–Crippen MR) is 64.4 cm³/mol. The third kappa shape index (κ3) is 5.35. The lowest BCUT2D eigenvalue weighted by atomic mass is 10.1. The van der Waals surface area contributed by atoms with Gasteiger partial charge in [0, 0.05) is 13.0 Å². The SMILES string of the molecule is CC(C)(C)OC(=O)N1CCOC(CCC(=O)O)C1. The molecule has 0 spiro atoms. The molecule has 1 heterocycles. The average molecular weight is 259 g/mol. The zero-order chi connectivity index (χ0) is 13.8. The van der Waals surface area contributed by atoms with Gasteiger partial charge in [-0.15, -0.1) is 0 Å². The fourth-order valence-corrected chi connectivity index (χ4v) is 1.67.